The second-order valence-corrected chi connectivity index (χ2v) is 6.17. The summed E-state index contributed by atoms with van der Waals surface area (Å²) in [5.74, 6) is 1.72. The molecular formula is C17H24N2O. The molecule has 0 unspecified atom stereocenters. The molecule has 0 radical (unpaired) electrons. The van der Waals surface area contributed by atoms with Gasteiger partial charge in [-0.15, -0.1) is 0 Å². The number of carbonyl (C=O) groups excluding carboxylic acids is 1. The van der Waals surface area contributed by atoms with Gasteiger partial charge in [0.2, 0.25) is 0 Å². The fraction of sp³-hybridized carbons (Fsp3) is 0.588. The maximum atomic E-state index is 12.9. The minimum Gasteiger partial charge on any atom is -0.385 e. The van der Waals surface area contributed by atoms with E-state index < -0.39 is 0 Å². The van der Waals surface area contributed by atoms with Crippen LogP contribution < -0.4 is 5.32 Å². The van der Waals surface area contributed by atoms with Gasteiger partial charge in [-0.25, -0.2) is 0 Å². The van der Waals surface area contributed by atoms with Gasteiger partial charge >= 0.3 is 0 Å². The molecule has 0 aliphatic heterocycles. The zero-order chi connectivity index (χ0) is 13.9. The van der Waals surface area contributed by atoms with Crippen molar-refractivity contribution in [3.05, 3.63) is 29.8 Å². The number of para-hydroxylation sites is 1. The van der Waals surface area contributed by atoms with E-state index in [1.54, 1.807) is 0 Å². The van der Waals surface area contributed by atoms with Crippen LogP contribution in [-0.2, 0) is 0 Å². The number of hydrogen-bond donors (Lipinski definition) is 1. The van der Waals surface area contributed by atoms with Crippen molar-refractivity contribution in [1.29, 1.82) is 0 Å². The lowest BCUT2D eigenvalue weighted by molar-refractivity contribution is 0.0740. The predicted molar refractivity (Wildman–Crippen MR) is 82.0 cm³/mol. The van der Waals surface area contributed by atoms with Gasteiger partial charge in [0.25, 0.3) is 5.91 Å². The summed E-state index contributed by atoms with van der Waals surface area (Å²) in [6.45, 7) is 4.81. The quantitative estimate of drug-likeness (QED) is 0.825. The maximum Gasteiger partial charge on any atom is 0.255 e. The number of rotatable bonds is 7. The highest BCUT2D eigenvalue weighted by atomic mass is 16.2. The summed E-state index contributed by atoms with van der Waals surface area (Å²) in [4.78, 5) is 15.0. The van der Waals surface area contributed by atoms with Gasteiger partial charge in [-0.05, 0) is 56.6 Å². The molecule has 2 aliphatic carbocycles. The molecule has 0 atom stereocenters. The van der Waals surface area contributed by atoms with Crippen molar-refractivity contribution in [2.45, 2.75) is 32.6 Å². The third-order valence-corrected chi connectivity index (χ3v) is 4.16. The molecule has 3 rings (SSSR count). The van der Waals surface area contributed by atoms with Gasteiger partial charge in [0, 0.05) is 25.3 Å². The molecule has 108 valence electrons. The fourth-order valence-electron chi connectivity index (χ4n) is 2.65. The Morgan fingerprint density at radius 2 is 1.75 bits per heavy atom. The van der Waals surface area contributed by atoms with Crippen molar-refractivity contribution in [3.8, 4) is 0 Å². The molecule has 3 nitrogen and oxygen atoms in total. The van der Waals surface area contributed by atoms with Crippen LogP contribution in [0.25, 0.3) is 0 Å². The first-order valence-electron chi connectivity index (χ1n) is 7.90. The third-order valence-electron chi connectivity index (χ3n) is 4.16. The summed E-state index contributed by atoms with van der Waals surface area (Å²) in [7, 11) is 0. The molecule has 0 heterocycles. The topological polar surface area (TPSA) is 32.3 Å². The SMILES string of the molecule is CCNc1ccccc1C(=O)N(CC1CC1)CC1CC1. The number of amides is 1. The predicted octanol–water partition coefficient (Wildman–Crippen LogP) is 3.38. The average Bonchev–Trinajstić information content (AvgIpc) is 3.34. The Kier molecular flexibility index (Phi) is 3.95. The largest absolute Gasteiger partial charge is 0.385 e. The van der Waals surface area contributed by atoms with E-state index in [2.05, 4.69) is 17.1 Å². The Balaban J connectivity index is 1.76. The maximum absolute atomic E-state index is 12.9. The van der Waals surface area contributed by atoms with E-state index >= 15 is 0 Å². The molecule has 0 bridgehead atoms. The van der Waals surface area contributed by atoms with E-state index in [1.807, 2.05) is 24.3 Å². The monoisotopic (exact) mass is 272 g/mol. The van der Waals surface area contributed by atoms with Crippen molar-refractivity contribution in [2.75, 3.05) is 25.0 Å². The number of hydrogen-bond acceptors (Lipinski definition) is 2. The van der Waals surface area contributed by atoms with E-state index in [0.717, 1.165) is 42.7 Å². The summed E-state index contributed by atoms with van der Waals surface area (Å²) in [5.41, 5.74) is 1.80. The van der Waals surface area contributed by atoms with Gasteiger partial charge in [-0.1, -0.05) is 12.1 Å². The molecule has 1 amide bonds. The summed E-state index contributed by atoms with van der Waals surface area (Å²) < 4.78 is 0. The van der Waals surface area contributed by atoms with Crippen LogP contribution in [-0.4, -0.2) is 30.4 Å². The normalized spacial score (nSPS) is 17.9. The van der Waals surface area contributed by atoms with Gasteiger partial charge in [-0.2, -0.15) is 0 Å². The van der Waals surface area contributed by atoms with Gasteiger partial charge in [0.05, 0.1) is 5.56 Å². The number of nitrogens with one attached hydrogen (secondary N) is 1. The molecule has 0 aromatic heterocycles. The lowest BCUT2D eigenvalue weighted by atomic mass is 10.1. The van der Waals surface area contributed by atoms with Crippen molar-refractivity contribution < 1.29 is 4.79 Å². The van der Waals surface area contributed by atoms with Crippen LogP contribution in [0.15, 0.2) is 24.3 Å². The molecule has 1 aromatic rings. The summed E-state index contributed by atoms with van der Waals surface area (Å²) in [6.07, 6.45) is 5.18. The molecule has 3 heteroatoms. The second kappa shape index (κ2) is 5.86. The molecular weight excluding hydrogens is 248 g/mol. The number of nitrogens with zero attached hydrogens (tertiary/aromatic N) is 1. The van der Waals surface area contributed by atoms with Crippen molar-refractivity contribution in [2.24, 2.45) is 11.8 Å². The fourth-order valence-corrected chi connectivity index (χ4v) is 2.65. The van der Waals surface area contributed by atoms with Crippen LogP contribution in [0.3, 0.4) is 0 Å². The molecule has 20 heavy (non-hydrogen) atoms. The van der Waals surface area contributed by atoms with Gasteiger partial charge < -0.3 is 10.2 Å². The van der Waals surface area contributed by atoms with E-state index in [1.165, 1.54) is 25.7 Å². The first kappa shape index (κ1) is 13.5. The van der Waals surface area contributed by atoms with Crippen molar-refractivity contribution in [1.82, 2.24) is 4.90 Å². The minimum absolute atomic E-state index is 0.209. The lowest BCUT2D eigenvalue weighted by Crippen LogP contribution is -2.35. The Labute approximate surface area is 121 Å². The smallest absolute Gasteiger partial charge is 0.255 e. The van der Waals surface area contributed by atoms with Crippen LogP contribution in [0, 0.1) is 11.8 Å². The Bertz CT molecular complexity index is 464. The standard InChI is InChI=1S/C17H24N2O/c1-2-18-16-6-4-3-5-15(16)17(20)19(11-13-7-8-13)12-14-9-10-14/h3-6,13-14,18H,2,7-12H2,1H3. The van der Waals surface area contributed by atoms with E-state index in [9.17, 15) is 4.79 Å². The number of benzene rings is 1. The third kappa shape index (κ3) is 3.33. The summed E-state index contributed by atoms with van der Waals surface area (Å²) in [6, 6.07) is 7.90. The highest BCUT2D eigenvalue weighted by Gasteiger charge is 2.32. The molecule has 0 spiro atoms. The van der Waals surface area contributed by atoms with Gasteiger partial charge in [0.1, 0.15) is 0 Å². The van der Waals surface area contributed by atoms with Crippen molar-refractivity contribution in [3.63, 3.8) is 0 Å². The zero-order valence-corrected chi connectivity index (χ0v) is 12.3. The van der Waals surface area contributed by atoms with Gasteiger partial charge in [-0.3, -0.25) is 4.79 Å². The Morgan fingerprint density at radius 3 is 2.30 bits per heavy atom. The number of anilines is 1. The first-order chi connectivity index (χ1) is 9.78. The molecule has 0 saturated heterocycles. The number of carbonyl (C=O) groups is 1. The average molecular weight is 272 g/mol. The van der Waals surface area contributed by atoms with Crippen LogP contribution in [0.2, 0.25) is 0 Å². The van der Waals surface area contributed by atoms with Crippen LogP contribution in [0.5, 0.6) is 0 Å². The molecule has 2 saturated carbocycles. The molecule has 2 fully saturated rings. The first-order valence-corrected chi connectivity index (χ1v) is 7.90. The lowest BCUT2D eigenvalue weighted by Gasteiger charge is -2.24. The molecule has 2 aliphatic rings. The Hall–Kier alpha value is -1.51. The van der Waals surface area contributed by atoms with E-state index in [4.69, 9.17) is 0 Å². The van der Waals surface area contributed by atoms with Gasteiger partial charge in [0.15, 0.2) is 0 Å². The molecule has 1 aromatic carbocycles. The molecule has 1 N–H and O–H groups in total. The highest BCUT2D eigenvalue weighted by Crippen LogP contribution is 2.34. The van der Waals surface area contributed by atoms with Crippen molar-refractivity contribution >= 4 is 11.6 Å². The van der Waals surface area contributed by atoms with Crippen LogP contribution >= 0.6 is 0 Å². The van der Waals surface area contributed by atoms with E-state index in [-0.39, 0.29) is 5.91 Å². The zero-order valence-electron chi connectivity index (χ0n) is 12.3. The Morgan fingerprint density at radius 1 is 1.15 bits per heavy atom. The van der Waals surface area contributed by atoms with Crippen LogP contribution in [0.4, 0.5) is 5.69 Å². The minimum atomic E-state index is 0.209. The second-order valence-electron chi connectivity index (χ2n) is 6.17. The summed E-state index contributed by atoms with van der Waals surface area (Å²) >= 11 is 0. The summed E-state index contributed by atoms with van der Waals surface area (Å²) in [5, 5.41) is 3.30. The van der Waals surface area contributed by atoms with E-state index in [0.29, 0.717) is 0 Å². The van der Waals surface area contributed by atoms with Crippen LogP contribution in [0.1, 0.15) is 43.0 Å². The highest BCUT2D eigenvalue weighted by molar-refractivity contribution is 5.99.